The van der Waals surface area contributed by atoms with Crippen molar-refractivity contribution in [1.29, 1.82) is 0 Å². The molecule has 6 N–H and O–H groups in total. The fourth-order valence-electron chi connectivity index (χ4n) is 5.21. The Morgan fingerprint density at radius 1 is 0.341 bits per heavy atom. The van der Waals surface area contributed by atoms with Gasteiger partial charge < -0.3 is 21.5 Å². The summed E-state index contributed by atoms with van der Waals surface area (Å²) in [5.41, 5.74) is 19.1. The van der Waals surface area contributed by atoms with Crippen molar-refractivity contribution < 1.29 is 14.4 Å². The molecular weight excluding hydrogens is 546 g/mol. The van der Waals surface area contributed by atoms with Gasteiger partial charge in [0.05, 0.1) is 11.1 Å². The molecule has 6 aromatic rings. The molecule has 0 radical (unpaired) electrons. The largest absolute Gasteiger partial charge is 0.674 e. The molecule has 6 rings (SSSR count). The van der Waals surface area contributed by atoms with Crippen molar-refractivity contribution in [1.82, 2.24) is 0 Å². The zero-order valence-corrected chi connectivity index (χ0v) is 24.3. The van der Waals surface area contributed by atoms with E-state index in [1.54, 1.807) is 0 Å². The van der Waals surface area contributed by atoms with Gasteiger partial charge in [-0.15, -0.1) is 0 Å². The summed E-state index contributed by atoms with van der Waals surface area (Å²) in [4.78, 5) is 0. The molecule has 0 aliphatic heterocycles. The van der Waals surface area contributed by atoms with E-state index in [2.05, 4.69) is 72.8 Å². The summed E-state index contributed by atoms with van der Waals surface area (Å²) < 4.78 is 10.1. The van der Waals surface area contributed by atoms with Gasteiger partial charge in [0.2, 0.25) is 0 Å². The van der Waals surface area contributed by atoms with Crippen LogP contribution in [0.2, 0.25) is 0 Å². The fourth-order valence-corrected chi connectivity index (χ4v) is 5.21. The van der Waals surface area contributed by atoms with Gasteiger partial charge in [0.15, 0.2) is 0 Å². The molecule has 0 saturated carbocycles. The van der Waals surface area contributed by atoms with Crippen LogP contribution in [0, 0.1) is 0 Å². The van der Waals surface area contributed by atoms with Crippen LogP contribution in [0.5, 0.6) is 0 Å². The van der Waals surface area contributed by atoms with Crippen LogP contribution in [-0.2, 0) is 11.1 Å². The molecule has 0 aliphatic carbocycles. The summed E-state index contributed by atoms with van der Waals surface area (Å²) in [6.45, 7) is 0. The van der Waals surface area contributed by atoms with Crippen LogP contribution < -0.4 is 11.5 Å². The minimum atomic E-state index is -2.67. The summed E-state index contributed by atoms with van der Waals surface area (Å²) in [6, 6.07) is 61.4. The van der Waals surface area contributed by atoms with E-state index >= 15 is 0 Å². The molecule has 0 fully saturated rings. The van der Waals surface area contributed by atoms with Crippen LogP contribution in [-0.4, -0.2) is 17.4 Å². The first-order chi connectivity index (χ1) is 21.4. The van der Waals surface area contributed by atoms with Gasteiger partial charge in [-0.3, -0.25) is 4.32 Å². The molecule has 6 aromatic carbocycles. The highest BCUT2D eigenvalue weighted by atomic mass is 19.1. The molecule has 6 heteroatoms. The van der Waals surface area contributed by atoms with Crippen molar-refractivity contribution in [3.8, 4) is 0 Å². The number of hydrogen-bond donors (Lipinski definition) is 4. The van der Waals surface area contributed by atoms with Gasteiger partial charge in [-0.05, 0) is 33.4 Å². The Hall–Kier alpha value is -4.85. The molecule has 0 unspecified atom stereocenters. The van der Waals surface area contributed by atoms with E-state index in [4.69, 9.17) is 21.5 Å². The number of rotatable bonds is 6. The average Bonchev–Trinajstić information content (AvgIpc) is 3.10. The maximum absolute atomic E-state index is 10.1. The molecule has 0 spiro atoms. The Morgan fingerprint density at radius 3 is 0.568 bits per heavy atom. The maximum Gasteiger partial charge on any atom is 0.674 e. The van der Waals surface area contributed by atoms with E-state index < -0.39 is 18.5 Å². The molecule has 44 heavy (non-hydrogen) atoms. The Labute approximate surface area is 259 Å². The lowest BCUT2D eigenvalue weighted by Crippen LogP contribution is -2.39. The lowest BCUT2D eigenvalue weighted by atomic mass is 9.78. The zero-order valence-electron chi connectivity index (χ0n) is 24.3. The van der Waals surface area contributed by atoms with E-state index in [-0.39, 0.29) is 0 Å². The summed E-state index contributed by atoms with van der Waals surface area (Å²) in [7, 11) is -2.67. The highest BCUT2D eigenvalue weighted by Crippen LogP contribution is 2.35. The second-order valence-corrected chi connectivity index (χ2v) is 10.1. The minimum absolute atomic E-state index is 0.621. The number of nitrogens with two attached hydrogens (primary N) is 2. The normalized spacial score (nSPS) is 10.8. The molecular formula is C38H36BFN2O2. The van der Waals surface area contributed by atoms with Crippen LogP contribution in [0.1, 0.15) is 33.4 Å². The Balaban J connectivity index is 0.000000179. The topological polar surface area (TPSA) is 92.5 Å². The fraction of sp³-hybridized carbons (Fsp3) is 0.0526. The molecule has 0 aromatic heterocycles. The first-order valence-corrected chi connectivity index (χ1v) is 14.3. The van der Waals surface area contributed by atoms with E-state index in [9.17, 15) is 4.32 Å². The van der Waals surface area contributed by atoms with Crippen LogP contribution in [0.3, 0.4) is 0 Å². The highest BCUT2D eigenvalue weighted by molar-refractivity contribution is 6.31. The quantitative estimate of drug-likeness (QED) is 0.128. The van der Waals surface area contributed by atoms with Crippen LogP contribution >= 0.6 is 0 Å². The van der Waals surface area contributed by atoms with E-state index in [0.717, 1.165) is 33.4 Å². The van der Waals surface area contributed by atoms with Crippen LogP contribution in [0.4, 0.5) is 4.32 Å². The Morgan fingerprint density at radius 2 is 0.455 bits per heavy atom. The van der Waals surface area contributed by atoms with Gasteiger partial charge in [0.25, 0.3) is 0 Å². The van der Waals surface area contributed by atoms with Crippen LogP contribution in [0.25, 0.3) is 0 Å². The smallest absolute Gasteiger partial charge is 0.398 e. The van der Waals surface area contributed by atoms with Crippen molar-refractivity contribution in [3.05, 3.63) is 215 Å². The van der Waals surface area contributed by atoms with Crippen LogP contribution in [0.15, 0.2) is 182 Å². The Bertz CT molecular complexity index is 1320. The van der Waals surface area contributed by atoms with E-state index in [0.29, 0.717) is 0 Å². The van der Waals surface area contributed by atoms with Gasteiger partial charge >= 0.3 is 7.40 Å². The number of benzene rings is 6. The van der Waals surface area contributed by atoms with Gasteiger partial charge in [-0.25, -0.2) is 0 Å². The molecule has 0 amide bonds. The predicted molar refractivity (Wildman–Crippen MR) is 178 cm³/mol. The zero-order chi connectivity index (χ0) is 31.3. The van der Waals surface area contributed by atoms with Gasteiger partial charge in [0, 0.05) is 0 Å². The highest BCUT2D eigenvalue weighted by Gasteiger charge is 2.32. The summed E-state index contributed by atoms with van der Waals surface area (Å²) in [6.07, 6.45) is 0. The Kier molecular flexibility index (Phi) is 11.4. The third-order valence-electron chi connectivity index (χ3n) is 7.37. The van der Waals surface area contributed by atoms with Gasteiger partial charge in [-0.1, -0.05) is 182 Å². The molecule has 4 nitrogen and oxygen atoms in total. The second kappa shape index (κ2) is 15.6. The molecule has 220 valence electrons. The van der Waals surface area contributed by atoms with Crippen molar-refractivity contribution >= 4 is 7.40 Å². The van der Waals surface area contributed by atoms with Gasteiger partial charge in [0.1, 0.15) is 0 Å². The third-order valence-corrected chi connectivity index (χ3v) is 7.37. The first kappa shape index (κ1) is 32.1. The molecule has 0 atom stereocenters. The van der Waals surface area contributed by atoms with E-state index in [1.807, 2.05) is 109 Å². The molecule has 0 heterocycles. The lowest BCUT2D eigenvalue weighted by Gasteiger charge is -2.31. The second-order valence-electron chi connectivity index (χ2n) is 10.1. The number of hydrogen-bond acceptors (Lipinski definition) is 4. The van der Waals surface area contributed by atoms with E-state index in [1.165, 1.54) is 0 Å². The SMILES string of the molecule is NC(c1ccccc1)(c1ccccc1)c1ccccc1.NC(c1ccccc1)(c1ccccc1)c1ccccc1.OB(O)F. The molecule has 0 bridgehead atoms. The van der Waals surface area contributed by atoms with Crippen molar-refractivity contribution in [2.45, 2.75) is 11.1 Å². The summed E-state index contributed by atoms with van der Waals surface area (Å²) >= 11 is 0. The van der Waals surface area contributed by atoms with Crippen molar-refractivity contribution in [2.24, 2.45) is 11.5 Å². The first-order valence-electron chi connectivity index (χ1n) is 14.3. The monoisotopic (exact) mass is 582 g/mol. The molecule has 0 aliphatic rings. The minimum Gasteiger partial charge on any atom is -0.398 e. The lowest BCUT2D eigenvalue weighted by molar-refractivity contribution is 0.340. The molecule has 0 saturated heterocycles. The van der Waals surface area contributed by atoms with Gasteiger partial charge in [-0.2, -0.15) is 0 Å². The van der Waals surface area contributed by atoms with Crippen molar-refractivity contribution in [2.75, 3.05) is 0 Å². The number of halogens is 1. The summed E-state index contributed by atoms with van der Waals surface area (Å²) in [5.74, 6) is 0. The summed E-state index contributed by atoms with van der Waals surface area (Å²) in [5, 5.41) is 13.9. The standard InChI is InChI=1S/2C19H17N.BFH2O2/c2*20-19(16-10-4-1-5-11-16,17-12-6-2-7-13-17)18-14-8-3-9-15-18;2-1(3)4/h2*1-15H,20H2;3-4H. The van der Waals surface area contributed by atoms with Crippen molar-refractivity contribution in [3.63, 3.8) is 0 Å². The predicted octanol–water partition coefficient (Wildman–Crippen LogP) is 6.80. The maximum atomic E-state index is 10.1. The average molecular weight is 583 g/mol. The third kappa shape index (κ3) is 7.75.